The standard InChI is InChI=1S/C14H15BrClFO/c15-11-7-6-10(14(17)13(11)16)12(18)8-5-9-3-1-2-4-9/h6-7,9H,1-5,8H2. The van der Waals surface area contributed by atoms with Gasteiger partial charge in [0.25, 0.3) is 0 Å². The monoisotopic (exact) mass is 332 g/mol. The van der Waals surface area contributed by atoms with Crippen molar-refractivity contribution in [2.75, 3.05) is 0 Å². The first-order chi connectivity index (χ1) is 8.59. The molecule has 1 saturated carbocycles. The van der Waals surface area contributed by atoms with Gasteiger partial charge in [0.15, 0.2) is 11.6 Å². The van der Waals surface area contributed by atoms with E-state index < -0.39 is 5.82 Å². The average molecular weight is 334 g/mol. The third kappa shape index (κ3) is 3.12. The maximum Gasteiger partial charge on any atom is 0.165 e. The van der Waals surface area contributed by atoms with Crippen molar-refractivity contribution in [3.8, 4) is 0 Å². The average Bonchev–Trinajstić information content (AvgIpc) is 2.86. The molecule has 0 atom stereocenters. The molecule has 1 fully saturated rings. The van der Waals surface area contributed by atoms with E-state index in [4.69, 9.17) is 11.6 Å². The Morgan fingerprint density at radius 1 is 1.39 bits per heavy atom. The highest BCUT2D eigenvalue weighted by molar-refractivity contribution is 9.10. The summed E-state index contributed by atoms with van der Waals surface area (Å²) in [4.78, 5) is 12.0. The zero-order valence-electron chi connectivity index (χ0n) is 10.0. The zero-order valence-corrected chi connectivity index (χ0v) is 12.4. The summed E-state index contributed by atoms with van der Waals surface area (Å²) >= 11 is 8.92. The maximum atomic E-state index is 13.8. The maximum absolute atomic E-state index is 13.8. The van der Waals surface area contributed by atoms with E-state index >= 15 is 0 Å². The Kier molecular flexibility index (Phi) is 4.79. The van der Waals surface area contributed by atoms with Crippen LogP contribution in [-0.2, 0) is 0 Å². The van der Waals surface area contributed by atoms with E-state index in [1.54, 1.807) is 6.07 Å². The van der Waals surface area contributed by atoms with Gasteiger partial charge < -0.3 is 0 Å². The Balaban J connectivity index is 2.02. The second kappa shape index (κ2) is 6.16. The van der Waals surface area contributed by atoms with Crippen molar-refractivity contribution in [1.29, 1.82) is 0 Å². The molecule has 1 aromatic carbocycles. The molecule has 1 aliphatic rings. The minimum atomic E-state index is -0.609. The minimum absolute atomic E-state index is 0.0123. The largest absolute Gasteiger partial charge is 0.294 e. The Morgan fingerprint density at radius 3 is 2.72 bits per heavy atom. The van der Waals surface area contributed by atoms with Gasteiger partial charge in [-0.25, -0.2) is 4.39 Å². The second-order valence-corrected chi connectivity index (χ2v) is 6.07. The Morgan fingerprint density at radius 2 is 2.06 bits per heavy atom. The fourth-order valence-corrected chi connectivity index (χ4v) is 2.98. The van der Waals surface area contributed by atoms with E-state index in [0.29, 0.717) is 16.8 Å². The van der Waals surface area contributed by atoms with E-state index in [1.165, 1.54) is 31.7 Å². The van der Waals surface area contributed by atoms with E-state index in [2.05, 4.69) is 15.9 Å². The molecule has 0 aromatic heterocycles. The lowest BCUT2D eigenvalue weighted by Gasteiger charge is -2.09. The van der Waals surface area contributed by atoms with Gasteiger partial charge in [-0.15, -0.1) is 0 Å². The van der Waals surface area contributed by atoms with E-state index in [9.17, 15) is 9.18 Å². The number of carbonyl (C=O) groups excluding carboxylic acids is 1. The van der Waals surface area contributed by atoms with Crippen LogP contribution in [0.5, 0.6) is 0 Å². The molecule has 0 saturated heterocycles. The molecule has 0 N–H and O–H groups in total. The molecule has 98 valence electrons. The number of hydrogen-bond donors (Lipinski definition) is 0. The number of hydrogen-bond acceptors (Lipinski definition) is 1. The first-order valence-corrected chi connectivity index (χ1v) is 7.43. The predicted octanol–water partition coefficient (Wildman–Crippen LogP) is 5.39. The highest BCUT2D eigenvalue weighted by Crippen LogP contribution is 2.31. The molecule has 1 nitrogen and oxygen atoms in total. The van der Waals surface area contributed by atoms with Gasteiger partial charge in [0.05, 0.1) is 10.6 Å². The van der Waals surface area contributed by atoms with Gasteiger partial charge in [0, 0.05) is 10.9 Å². The smallest absolute Gasteiger partial charge is 0.165 e. The van der Waals surface area contributed by atoms with Crippen molar-refractivity contribution in [2.45, 2.75) is 38.5 Å². The summed E-state index contributed by atoms with van der Waals surface area (Å²) in [5.41, 5.74) is 0.112. The summed E-state index contributed by atoms with van der Waals surface area (Å²) < 4.78 is 14.3. The topological polar surface area (TPSA) is 17.1 Å². The van der Waals surface area contributed by atoms with Crippen molar-refractivity contribution in [3.05, 3.63) is 33.0 Å². The Hall–Kier alpha value is -0.410. The van der Waals surface area contributed by atoms with Crippen LogP contribution < -0.4 is 0 Å². The zero-order chi connectivity index (χ0) is 13.1. The number of rotatable bonds is 4. The van der Waals surface area contributed by atoms with Gasteiger partial charge in [0.2, 0.25) is 0 Å². The summed E-state index contributed by atoms with van der Waals surface area (Å²) in [7, 11) is 0. The van der Waals surface area contributed by atoms with Crippen molar-refractivity contribution in [1.82, 2.24) is 0 Å². The Bertz CT molecular complexity index is 455. The predicted molar refractivity (Wildman–Crippen MR) is 74.6 cm³/mol. The molecule has 0 radical (unpaired) electrons. The Labute approximate surface area is 120 Å². The number of ketones is 1. The van der Waals surface area contributed by atoms with Gasteiger partial charge in [0.1, 0.15) is 0 Å². The van der Waals surface area contributed by atoms with Crippen LogP contribution in [0, 0.1) is 11.7 Å². The van der Waals surface area contributed by atoms with Gasteiger partial charge >= 0.3 is 0 Å². The fourth-order valence-electron chi connectivity index (χ4n) is 2.51. The van der Waals surface area contributed by atoms with Crippen LogP contribution in [0.4, 0.5) is 4.39 Å². The SMILES string of the molecule is O=C(CCC1CCCC1)c1ccc(Br)c(Cl)c1F. The summed E-state index contributed by atoms with van der Waals surface area (Å²) in [5.74, 6) is -0.112. The number of benzene rings is 1. The molecule has 0 bridgehead atoms. The lowest BCUT2D eigenvalue weighted by molar-refractivity contribution is 0.0970. The summed E-state index contributed by atoms with van der Waals surface area (Å²) in [6.07, 6.45) is 6.22. The highest BCUT2D eigenvalue weighted by atomic mass is 79.9. The molecule has 1 aliphatic carbocycles. The van der Waals surface area contributed by atoms with E-state index in [1.807, 2.05) is 0 Å². The molecule has 0 amide bonds. The molecule has 1 aromatic rings. The van der Waals surface area contributed by atoms with Crippen molar-refractivity contribution in [3.63, 3.8) is 0 Å². The summed E-state index contributed by atoms with van der Waals surface area (Å²) in [5, 5.41) is -0.0123. The van der Waals surface area contributed by atoms with Gasteiger partial charge in [-0.3, -0.25) is 4.79 Å². The van der Waals surface area contributed by atoms with E-state index in [-0.39, 0.29) is 16.4 Å². The molecular weight excluding hydrogens is 319 g/mol. The van der Waals surface area contributed by atoms with Crippen LogP contribution in [0.1, 0.15) is 48.9 Å². The lowest BCUT2D eigenvalue weighted by Crippen LogP contribution is -2.05. The van der Waals surface area contributed by atoms with Crippen LogP contribution in [0.3, 0.4) is 0 Å². The van der Waals surface area contributed by atoms with Crippen molar-refractivity contribution >= 4 is 33.3 Å². The number of carbonyl (C=O) groups is 1. The molecule has 4 heteroatoms. The van der Waals surface area contributed by atoms with Crippen molar-refractivity contribution < 1.29 is 9.18 Å². The molecule has 0 spiro atoms. The molecule has 0 unspecified atom stereocenters. The fraction of sp³-hybridized carbons (Fsp3) is 0.500. The third-order valence-electron chi connectivity index (χ3n) is 3.59. The van der Waals surface area contributed by atoms with Crippen LogP contribution in [0.15, 0.2) is 16.6 Å². The van der Waals surface area contributed by atoms with Crippen LogP contribution in [0.25, 0.3) is 0 Å². The van der Waals surface area contributed by atoms with Gasteiger partial charge in [-0.1, -0.05) is 37.3 Å². The number of halogens is 3. The third-order valence-corrected chi connectivity index (χ3v) is 4.85. The van der Waals surface area contributed by atoms with Crippen molar-refractivity contribution in [2.24, 2.45) is 5.92 Å². The lowest BCUT2D eigenvalue weighted by atomic mass is 9.97. The second-order valence-electron chi connectivity index (χ2n) is 4.84. The first-order valence-electron chi connectivity index (χ1n) is 6.26. The first kappa shape index (κ1) is 14.0. The quantitative estimate of drug-likeness (QED) is 0.533. The minimum Gasteiger partial charge on any atom is -0.294 e. The molecule has 0 heterocycles. The van der Waals surface area contributed by atoms with Crippen LogP contribution in [-0.4, -0.2) is 5.78 Å². The molecule has 18 heavy (non-hydrogen) atoms. The van der Waals surface area contributed by atoms with E-state index in [0.717, 1.165) is 6.42 Å². The summed E-state index contributed by atoms with van der Waals surface area (Å²) in [6.45, 7) is 0. The normalized spacial score (nSPS) is 16.2. The molecule has 2 rings (SSSR count). The van der Waals surface area contributed by atoms with Gasteiger partial charge in [-0.05, 0) is 40.4 Å². The number of Topliss-reactive ketones (excluding diaryl/α,β-unsaturated/α-hetero) is 1. The molecule has 0 aliphatic heterocycles. The van der Waals surface area contributed by atoms with Crippen LogP contribution >= 0.6 is 27.5 Å². The molecular formula is C14H15BrClFO. The van der Waals surface area contributed by atoms with Gasteiger partial charge in [-0.2, -0.15) is 0 Å². The summed E-state index contributed by atoms with van der Waals surface area (Å²) in [6, 6.07) is 3.12. The van der Waals surface area contributed by atoms with Crippen LogP contribution in [0.2, 0.25) is 5.02 Å². The highest BCUT2D eigenvalue weighted by Gasteiger charge is 2.20.